The number of aliphatic imine (C=N–C) groups is 2. The van der Waals surface area contributed by atoms with Gasteiger partial charge in [-0.3, -0.25) is 0 Å². The summed E-state index contributed by atoms with van der Waals surface area (Å²) in [7, 11) is 0. The Morgan fingerprint density at radius 1 is 0.579 bits per heavy atom. The molecule has 4 heterocycles. The Bertz CT molecular complexity index is 3330. The molecule has 1 unspecified atom stereocenters. The first-order valence-corrected chi connectivity index (χ1v) is 21.1. The maximum Gasteiger partial charge on any atom is 0.159 e. The van der Waals surface area contributed by atoms with Gasteiger partial charge in [-0.15, -0.1) is 22.7 Å². The first-order chi connectivity index (χ1) is 28.3. The number of aromatic nitrogens is 1. The highest BCUT2D eigenvalue weighted by Crippen LogP contribution is 2.48. The molecule has 1 aliphatic heterocycles. The Morgan fingerprint density at radius 3 is 2.16 bits per heavy atom. The van der Waals surface area contributed by atoms with Crippen LogP contribution in [-0.4, -0.2) is 16.2 Å². The van der Waals surface area contributed by atoms with E-state index in [2.05, 4.69) is 155 Å². The van der Waals surface area contributed by atoms with Crippen molar-refractivity contribution in [1.29, 1.82) is 0 Å². The standard InChI is InChI=1S/C51H34N4S2/c1-3-15-31(16-4-1)49-52-50(32-17-5-2-6-18-32)54-51(53-49)40-26-12-24-38-37-23-11-22-36(46(37)57-47(38)40)35-21-14-30-44-45(35)39-25-13-29-43(48(39)56-44)55-41-27-9-7-19-33(41)34-20-8-10-28-42(34)55/h1-9,11-27,29-30,51H,10,28H2,(H,52,53,54). The van der Waals surface area contributed by atoms with E-state index >= 15 is 0 Å². The summed E-state index contributed by atoms with van der Waals surface area (Å²) >= 11 is 3.79. The van der Waals surface area contributed by atoms with Crippen LogP contribution >= 0.6 is 22.7 Å². The number of nitrogens with one attached hydrogen (secondary N) is 1. The number of benzene rings is 7. The van der Waals surface area contributed by atoms with Crippen molar-refractivity contribution in [2.45, 2.75) is 19.0 Å². The summed E-state index contributed by atoms with van der Waals surface area (Å²) in [6, 6.07) is 56.8. The fourth-order valence-electron chi connectivity index (χ4n) is 9.02. The normalized spacial score (nSPS) is 15.3. The maximum atomic E-state index is 5.26. The smallest absolute Gasteiger partial charge is 0.159 e. The molecule has 57 heavy (non-hydrogen) atoms. The van der Waals surface area contributed by atoms with Crippen LogP contribution in [0.2, 0.25) is 0 Å². The first-order valence-electron chi connectivity index (χ1n) is 19.5. The number of rotatable bonds is 5. The number of para-hydroxylation sites is 1. The molecular weight excluding hydrogens is 733 g/mol. The van der Waals surface area contributed by atoms with E-state index in [-0.39, 0.29) is 6.17 Å². The van der Waals surface area contributed by atoms with Crippen LogP contribution in [0.1, 0.15) is 40.5 Å². The predicted octanol–water partition coefficient (Wildman–Crippen LogP) is 13.5. The third-order valence-corrected chi connectivity index (χ3v) is 14.0. The van der Waals surface area contributed by atoms with E-state index in [9.17, 15) is 0 Å². The zero-order valence-corrected chi connectivity index (χ0v) is 32.4. The summed E-state index contributed by atoms with van der Waals surface area (Å²) in [6.45, 7) is 0. The SMILES string of the molecule is C1=Cc2c(n(-c3cccc4c3sc3cccc(-c5cccc6c5sc5c(C7N=C(c8ccccc8)N=C(c8ccccc8)N7)cccc56)c34)c3ccccc23)CC1. The van der Waals surface area contributed by atoms with Crippen molar-refractivity contribution in [2.24, 2.45) is 9.98 Å². The second-order valence-corrected chi connectivity index (χ2v) is 16.9. The lowest BCUT2D eigenvalue weighted by molar-refractivity contribution is 0.680. The third kappa shape index (κ3) is 5.11. The summed E-state index contributed by atoms with van der Waals surface area (Å²) in [5.41, 5.74) is 11.0. The minimum atomic E-state index is -0.304. The molecule has 4 nitrogen and oxygen atoms in total. The minimum absolute atomic E-state index is 0.304. The second kappa shape index (κ2) is 13.0. The number of fused-ring (bicyclic) bond motifs is 9. The summed E-state index contributed by atoms with van der Waals surface area (Å²) in [6.07, 6.45) is 6.45. The maximum absolute atomic E-state index is 5.26. The van der Waals surface area contributed by atoms with Gasteiger partial charge in [0.15, 0.2) is 5.84 Å². The van der Waals surface area contributed by atoms with Crippen molar-refractivity contribution in [3.05, 3.63) is 192 Å². The van der Waals surface area contributed by atoms with Crippen LogP contribution in [0, 0.1) is 0 Å². The van der Waals surface area contributed by atoms with Gasteiger partial charge in [-0.1, -0.05) is 152 Å². The van der Waals surface area contributed by atoms with Gasteiger partial charge in [-0.25, -0.2) is 9.98 Å². The van der Waals surface area contributed by atoms with Gasteiger partial charge in [0, 0.05) is 74.5 Å². The van der Waals surface area contributed by atoms with Crippen LogP contribution in [0.15, 0.2) is 174 Å². The average molecular weight is 767 g/mol. The molecule has 2 aliphatic rings. The van der Waals surface area contributed by atoms with Gasteiger partial charge >= 0.3 is 0 Å². The average Bonchev–Trinajstić information content (AvgIpc) is 3.97. The third-order valence-electron chi connectivity index (χ3n) is 11.6. The lowest BCUT2D eigenvalue weighted by Gasteiger charge is -2.24. The van der Waals surface area contributed by atoms with Crippen molar-refractivity contribution in [3.8, 4) is 16.8 Å². The van der Waals surface area contributed by atoms with E-state index in [1.165, 1.54) is 79.3 Å². The van der Waals surface area contributed by atoms with Gasteiger partial charge < -0.3 is 9.88 Å². The molecule has 7 aromatic carbocycles. The molecule has 0 bridgehead atoms. The lowest BCUT2D eigenvalue weighted by atomic mass is 9.97. The molecule has 3 aromatic heterocycles. The molecule has 6 heteroatoms. The highest BCUT2D eigenvalue weighted by atomic mass is 32.1. The molecule has 0 fully saturated rings. The number of thiophene rings is 2. The molecule has 0 saturated heterocycles. The van der Waals surface area contributed by atoms with Gasteiger partial charge in [0.05, 0.1) is 15.9 Å². The highest BCUT2D eigenvalue weighted by Gasteiger charge is 2.26. The van der Waals surface area contributed by atoms with Gasteiger partial charge in [-0.05, 0) is 36.6 Å². The highest BCUT2D eigenvalue weighted by molar-refractivity contribution is 7.27. The van der Waals surface area contributed by atoms with E-state index < -0.39 is 0 Å². The van der Waals surface area contributed by atoms with Gasteiger partial charge in [0.25, 0.3) is 0 Å². The van der Waals surface area contributed by atoms with Crippen molar-refractivity contribution in [3.63, 3.8) is 0 Å². The summed E-state index contributed by atoms with van der Waals surface area (Å²) < 4.78 is 7.71. The summed E-state index contributed by atoms with van der Waals surface area (Å²) in [4.78, 5) is 10.3. The quantitative estimate of drug-likeness (QED) is 0.186. The lowest BCUT2D eigenvalue weighted by Crippen LogP contribution is -2.33. The van der Waals surface area contributed by atoms with Crippen LogP contribution in [0.3, 0.4) is 0 Å². The molecule has 270 valence electrons. The first kappa shape index (κ1) is 32.6. The molecule has 1 atom stereocenters. The van der Waals surface area contributed by atoms with E-state index in [0.717, 1.165) is 41.2 Å². The number of allylic oxidation sites excluding steroid dienone is 1. The molecule has 0 amide bonds. The molecular formula is C51H34N4S2. The molecule has 0 radical (unpaired) electrons. The van der Waals surface area contributed by atoms with Gasteiger partial charge in [0.1, 0.15) is 12.0 Å². The van der Waals surface area contributed by atoms with Gasteiger partial charge in [-0.2, -0.15) is 0 Å². The molecule has 10 aromatic rings. The topological polar surface area (TPSA) is 41.7 Å². The van der Waals surface area contributed by atoms with E-state index in [0.29, 0.717) is 0 Å². The van der Waals surface area contributed by atoms with Crippen LogP contribution in [0.5, 0.6) is 0 Å². The van der Waals surface area contributed by atoms with Crippen LogP contribution < -0.4 is 5.32 Å². The molecule has 1 N–H and O–H groups in total. The van der Waals surface area contributed by atoms with Crippen molar-refractivity contribution >= 4 is 91.7 Å². The van der Waals surface area contributed by atoms with Crippen molar-refractivity contribution in [2.75, 3.05) is 0 Å². The minimum Gasteiger partial charge on any atom is -0.344 e. The predicted molar refractivity (Wildman–Crippen MR) is 244 cm³/mol. The zero-order valence-electron chi connectivity index (χ0n) is 30.8. The number of hydrogen-bond donors (Lipinski definition) is 1. The van der Waals surface area contributed by atoms with E-state index in [1.54, 1.807) is 0 Å². The van der Waals surface area contributed by atoms with E-state index in [1.807, 2.05) is 46.9 Å². The summed E-state index contributed by atoms with van der Waals surface area (Å²) in [5.74, 6) is 1.56. The number of hydrogen-bond acceptors (Lipinski definition) is 5. The number of amidine groups is 2. The van der Waals surface area contributed by atoms with Crippen LogP contribution in [0.4, 0.5) is 0 Å². The fourth-order valence-corrected chi connectivity index (χ4v) is 11.6. The van der Waals surface area contributed by atoms with E-state index in [4.69, 9.17) is 9.98 Å². The van der Waals surface area contributed by atoms with Gasteiger partial charge in [0.2, 0.25) is 0 Å². The molecule has 1 aliphatic carbocycles. The second-order valence-electron chi connectivity index (χ2n) is 14.8. The summed E-state index contributed by atoms with van der Waals surface area (Å²) in [5, 5.41) is 10.2. The van der Waals surface area contributed by atoms with Crippen molar-refractivity contribution < 1.29 is 0 Å². The Balaban J connectivity index is 1.04. The largest absolute Gasteiger partial charge is 0.344 e. The molecule has 12 rings (SSSR count). The molecule has 0 saturated carbocycles. The Morgan fingerprint density at radius 2 is 1.28 bits per heavy atom. The zero-order chi connectivity index (χ0) is 37.5. The van der Waals surface area contributed by atoms with Crippen molar-refractivity contribution in [1.82, 2.24) is 9.88 Å². The Kier molecular flexibility index (Phi) is 7.43. The number of nitrogens with zero attached hydrogens (tertiary/aromatic N) is 3. The fraction of sp³-hybridized carbons (Fsp3) is 0.0588. The van der Waals surface area contributed by atoms with Crippen LogP contribution in [0.25, 0.3) is 74.1 Å². The monoisotopic (exact) mass is 766 g/mol. The Labute approximate surface area is 337 Å². The molecule has 0 spiro atoms. The van der Waals surface area contributed by atoms with Crippen LogP contribution in [-0.2, 0) is 6.42 Å². The Hall–Kier alpha value is -6.60.